The molecule has 0 aliphatic rings. The van der Waals surface area contributed by atoms with Crippen LogP contribution in [0.1, 0.15) is 512 Å². The van der Waals surface area contributed by atoms with Crippen LogP contribution in [0, 0.1) is 5.41 Å². The highest BCUT2D eigenvalue weighted by Gasteiger charge is 2.23. The highest BCUT2D eigenvalue weighted by atomic mass is 32.2. The van der Waals surface area contributed by atoms with E-state index in [0.29, 0.717) is 0 Å². The van der Waals surface area contributed by atoms with Gasteiger partial charge < -0.3 is 27.8 Å². The maximum atomic E-state index is 12.5. The molecule has 0 radical (unpaired) electrons. The predicted octanol–water partition coefficient (Wildman–Crippen LogP) is 29.1. The molecule has 2 rings (SSSR count). The van der Waals surface area contributed by atoms with Gasteiger partial charge in [0, 0.05) is 13.1 Å². The highest BCUT2D eigenvalue weighted by molar-refractivity contribution is 7.86. The lowest BCUT2D eigenvalue weighted by molar-refractivity contribution is 0.478. The van der Waals surface area contributed by atoms with Crippen molar-refractivity contribution in [1.29, 1.82) is 5.41 Å². The van der Waals surface area contributed by atoms with E-state index in [9.17, 15) is 25.9 Å². The SMILES string of the molecule is CCCCCCCCCCCCc1ccc(S(=O)(=O)O)c(CCCCCCCCCCCC)c1CCCCCCCCCCCC.CCCCCCCCCCCCc1ccc(S(=O)(=O)O)c(CCCCCCCCCCCC)c1CCCCCCCCCCCC.N=C(N)NCCCCCCNCCCCCCN=C(N)N. The summed E-state index contributed by atoms with van der Waals surface area (Å²) in [6.07, 6.45) is 92.9. The summed E-state index contributed by atoms with van der Waals surface area (Å²) >= 11 is 0. The van der Waals surface area contributed by atoms with Crippen LogP contribution in [0.2, 0.25) is 0 Å². The van der Waals surface area contributed by atoms with E-state index in [4.69, 9.17) is 22.6 Å². The normalized spacial score (nSPS) is 11.6. The van der Waals surface area contributed by atoms with Crippen molar-refractivity contribution in [3.63, 3.8) is 0 Å². The summed E-state index contributed by atoms with van der Waals surface area (Å²) < 4.78 is 70.6. The average Bonchev–Trinajstić information content (AvgIpc) is 0.800. The Morgan fingerprint density at radius 2 is 0.487 bits per heavy atom. The van der Waals surface area contributed by atoms with Crippen LogP contribution in [0.4, 0.5) is 0 Å². The molecule has 0 spiro atoms. The molecule has 0 atom stereocenters. The summed E-state index contributed by atoms with van der Waals surface area (Å²) in [7, 11) is -8.46. The minimum atomic E-state index is -4.23. The number of hydrogen-bond acceptors (Lipinski definition) is 7. The molecule has 2 aromatic rings. The summed E-state index contributed by atoms with van der Waals surface area (Å²) in [6, 6.07) is 7.50. The third-order valence-electron chi connectivity index (χ3n) is 23.4. The van der Waals surface area contributed by atoms with Crippen molar-refractivity contribution in [2.45, 2.75) is 526 Å². The Balaban J connectivity index is 0.00000178. The second-order valence-electron chi connectivity index (χ2n) is 34.1. The Bertz CT molecular complexity index is 2520. The molecule has 113 heavy (non-hydrogen) atoms. The van der Waals surface area contributed by atoms with Gasteiger partial charge in [-0.2, -0.15) is 16.8 Å². The van der Waals surface area contributed by atoms with E-state index >= 15 is 0 Å². The van der Waals surface area contributed by atoms with Crippen molar-refractivity contribution < 1.29 is 25.9 Å². The van der Waals surface area contributed by atoms with Crippen LogP contribution < -0.4 is 27.8 Å². The minimum Gasteiger partial charge on any atom is -0.370 e. The van der Waals surface area contributed by atoms with Gasteiger partial charge >= 0.3 is 0 Å². The Morgan fingerprint density at radius 1 is 0.283 bits per heavy atom. The first-order valence-electron chi connectivity index (χ1n) is 49.1. The first-order valence-corrected chi connectivity index (χ1v) is 52.0. The lowest BCUT2D eigenvalue weighted by atomic mass is 9.90. The van der Waals surface area contributed by atoms with Crippen LogP contribution in [0.5, 0.6) is 0 Å². The first-order chi connectivity index (χ1) is 55.0. The van der Waals surface area contributed by atoms with Crippen LogP contribution in [-0.2, 0) is 58.8 Å². The summed E-state index contributed by atoms with van der Waals surface area (Å²) in [5.41, 5.74) is 22.7. The maximum Gasteiger partial charge on any atom is 0.294 e. The van der Waals surface area contributed by atoms with E-state index in [1.54, 1.807) is 12.1 Å². The maximum absolute atomic E-state index is 12.5. The van der Waals surface area contributed by atoms with Gasteiger partial charge in [0.05, 0.1) is 9.79 Å². The molecule has 0 bridgehead atoms. The number of guanidine groups is 2. The van der Waals surface area contributed by atoms with Crippen LogP contribution >= 0.6 is 0 Å². The van der Waals surface area contributed by atoms with Crippen molar-refractivity contribution in [2.24, 2.45) is 22.2 Å². The lowest BCUT2D eigenvalue weighted by Gasteiger charge is -2.18. The molecular formula is C98H189N7O6S2. The van der Waals surface area contributed by atoms with Gasteiger partial charge in [0.1, 0.15) is 0 Å². The molecule has 0 fully saturated rings. The molecule has 0 saturated heterocycles. The van der Waals surface area contributed by atoms with Crippen molar-refractivity contribution in [1.82, 2.24) is 10.6 Å². The number of nitrogens with zero attached hydrogens (tertiary/aromatic N) is 1. The van der Waals surface area contributed by atoms with Gasteiger partial charge in [-0.1, -0.05) is 426 Å². The fourth-order valence-electron chi connectivity index (χ4n) is 16.3. The number of aliphatic imine (C=N–C) groups is 1. The summed E-state index contributed by atoms with van der Waals surface area (Å²) in [4.78, 5) is 4.31. The third kappa shape index (κ3) is 70.3. The average molecular weight is 1630 g/mol. The Morgan fingerprint density at radius 3 is 0.717 bits per heavy atom. The Kier molecular flexibility index (Phi) is 80.1. The predicted molar refractivity (Wildman–Crippen MR) is 496 cm³/mol. The number of rotatable bonds is 82. The monoisotopic (exact) mass is 1620 g/mol. The minimum absolute atomic E-state index is 0.0648. The zero-order valence-electron chi connectivity index (χ0n) is 75.5. The lowest BCUT2D eigenvalue weighted by Crippen LogP contribution is -2.30. The number of hydrogen-bond donors (Lipinski definition) is 8. The van der Waals surface area contributed by atoms with Gasteiger partial charge in [-0.05, 0) is 161 Å². The standard InChI is InChI=1S/2C42H78O3S.C14H33N7/c2*1-4-7-10-13-16-19-22-25-28-31-34-39-37-38-42(46(43,44)45)41(36-33-30-27-24-21-18-15-12-9-6-3)40(39)35-32-29-26-23-20-17-14-11-8-5-2;15-13(16)20-11-7-3-1-5-9-19-10-6-2-4-8-12-21-14(17)18/h2*37-38H,4-36H2,1-3H3,(H,43,44,45);19H,1-12H2,(H4,15,16,20)(H4,17,18,21). The third-order valence-corrected chi connectivity index (χ3v) is 25.3. The van der Waals surface area contributed by atoms with E-state index in [2.05, 4.69) is 57.2 Å². The van der Waals surface area contributed by atoms with Gasteiger partial charge in [-0.3, -0.25) is 19.5 Å². The molecule has 2 aromatic carbocycles. The summed E-state index contributed by atoms with van der Waals surface area (Å²) in [6.45, 7) is 17.4. The van der Waals surface area contributed by atoms with E-state index in [1.807, 2.05) is 12.1 Å². The molecule has 15 heteroatoms. The first kappa shape index (κ1) is 110. The summed E-state index contributed by atoms with van der Waals surface area (Å²) in [5.74, 6) is 0.253. The number of aryl methyl sites for hydroxylation is 2. The van der Waals surface area contributed by atoms with E-state index in [-0.39, 0.29) is 21.7 Å². The Hall–Kier alpha value is -3.24. The molecule has 11 N–H and O–H groups in total. The second-order valence-corrected chi connectivity index (χ2v) is 36.9. The fraction of sp³-hybridized carbons (Fsp3) is 0.857. The van der Waals surface area contributed by atoms with Gasteiger partial charge in [0.25, 0.3) is 20.2 Å². The molecule has 0 heterocycles. The number of nitrogens with one attached hydrogen (secondary N) is 3. The van der Waals surface area contributed by atoms with Crippen LogP contribution in [0.3, 0.4) is 0 Å². The van der Waals surface area contributed by atoms with Crippen molar-refractivity contribution >= 4 is 32.2 Å². The molecule has 0 saturated carbocycles. The molecule has 0 aliphatic carbocycles. The molecule has 0 unspecified atom stereocenters. The van der Waals surface area contributed by atoms with Crippen LogP contribution in [-0.4, -0.2) is 64.0 Å². The second kappa shape index (κ2) is 82.5. The molecular weight excluding hydrogens is 1440 g/mol. The van der Waals surface area contributed by atoms with Gasteiger partial charge in [-0.25, -0.2) is 0 Å². The van der Waals surface area contributed by atoms with Crippen LogP contribution in [0.25, 0.3) is 0 Å². The van der Waals surface area contributed by atoms with E-state index in [1.165, 1.54) is 408 Å². The van der Waals surface area contributed by atoms with Crippen LogP contribution in [0.15, 0.2) is 39.0 Å². The quantitative estimate of drug-likeness (QED) is 0.0134. The largest absolute Gasteiger partial charge is 0.370 e. The number of unbranched alkanes of at least 4 members (excludes halogenated alkanes) is 60. The van der Waals surface area contributed by atoms with Crippen molar-refractivity contribution in [3.8, 4) is 0 Å². The smallest absolute Gasteiger partial charge is 0.294 e. The summed E-state index contributed by atoms with van der Waals surface area (Å²) in [5, 5.41) is 13.3. The van der Waals surface area contributed by atoms with E-state index in [0.717, 1.165) is 127 Å². The van der Waals surface area contributed by atoms with Gasteiger partial charge in [0.15, 0.2) is 11.9 Å². The van der Waals surface area contributed by atoms with E-state index < -0.39 is 20.2 Å². The van der Waals surface area contributed by atoms with Gasteiger partial charge in [-0.15, -0.1) is 0 Å². The molecule has 13 nitrogen and oxygen atoms in total. The topological polar surface area (TPSA) is 247 Å². The Labute approximate surface area is 702 Å². The molecule has 0 amide bonds. The fourth-order valence-corrected chi connectivity index (χ4v) is 17.9. The molecule has 0 aromatic heterocycles. The zero-order chi connectivity index (χ0) is 82.9. The zero-order valence-corrected chi connectivity index (χ0v) is 77.1. The van der Waals surface area contributed by atoms with Crippen molar-refractivity contribution in [2.75, 3.05) is 26.2 Å². The molecule has 0 aliphatic heterocycles. The molecule has 664 valence electrons. The van der Waals surface area contributed by atoms with Gasteiger partial charge in [0.2, 0.25) is 0 Å². The number of benzene rings is 2. The highest BCUT2D eigenvalue weighted by Crippen LogP contribution is 2.32. The van der Waals surface area contributed by atoms with Crippen molar-refractivity contribution in [3.05, 3.63) is 57.6 Å². The number of nitrogens with two attached hydrogens (primary N) is 3.